The molecule has 1 aliphatic heterocycles. The van der Waals surface area contributed by atoms with Crippen LogP contribution in [0.1, 0.15) is 15.9 Å². The molecule has 1 fully saturated rings. The van der Waals surface area contributed by atoms with Crippen molar-refractivity contribution in [2.24, 2.45) is 0 Å². The van der Waals surface area contributed by atoms with Gasteiger partial charge in [0.15, 0.2) is 0 Å². The molecular formula is C20H19N3O3. The number of aromatic nitrogens is 2. The van der Waals surface area contributed by atoms with Crippen molar-refractivity contribution >= 4 is 5.91 Å². The van der Waals surface area contributed by atoms with Crippen molar-refractivity contribution < 1.29 is 13.9 Å². The lowest BCUT2D eigenvalue weighted by Gasteiger charge is -2.26. The van der Waals surface area contributed by atoms with Crippen molar-refractivity contribution in [3.8, 4) is 22.9 Å². The van der Waals surface area contributed by atoms with Gasteiger partial charge in [-0.25, -0.2) is 0 Å². The number of benzene rings is 2. The highest BCUT2D eigenvalue weighted by molar-refractivity contribution is 5.94. The Hall–Kier alpha value is -2.99. The smallest absolute Gasteiger partial charge is 0.254 e. The molecule has 6 nitrogen and oxygen atoms in total. The summed E-state index contributed by atoms with van der Waals surface area (Å²) in [6, 6.07) is 15.2. The highest BCUT2D eigenvalue weighted by Gasteiger charge is 2.19. The maximum absolute atomic E-state index is 12.5. The Morgan fingerprint density at radius 1 is 0.885 bits per heavy atom. The monoisotopic (exact) mass is 349 g/mol. The zero-order valence-corrected chi connectivity index (χ0v) is 14.5. The summed E-state index contributed by atoms with van der Waals surface area (Å²) in [5, 5.41) is 8.24. The molecule has 1 aliphatic rings. The second kappa shape index (κ2) is 7.09. The average molecular weight is 349 g/mol. The molecule has 2 aromatic carbocycles. The second-order valence-corrected chi connectivity index (χ2v) is 6.26. The van der Waals surface area contributed by atoms with Crippen LogP contribution in [0.15, 0.2) is 52.9 Å². The fourth-order valence-corrected chi connectivity index (χ4v) is 2.86. The molecule has 0 aliphatic carbocycles. The minimum Gasteiger partial charge on any atom is -0.416 e. The summed E-state index contributed by atoms with van der Waals surface area (Å²) in [6.07, 6.45) is 0. The fourth-order valence-electron chi connectivity index (χ4n) is 2.86. The van der Waals surface area contributed by atoms with Crippen LogP contribution >= 0.6 is 0 Å². The van der Waals surface area contributed by atoms with Gasteiger partial charge in [0, 0.05) is 29.8 Å². The van der Waals surface area contributed by atoms with E-state index in [0.717, 1.165) is 11.1 Å². The first kappa shape index (κ1) is 16.5. The van der Waals surface area contributed by atoms with E-state index < -0.39 is 0 Å². The highest BCUT2D eigenvalue weighted by Crippen LogP contribution is 2.24. The summed E-state index contributed by atoms with van der Waals surface area (Å²) < 4.78 is 11.1. The normalized spacial score (nSPS) is 14.4. The molecule has 0 atom stereocenters. The zero-order valence-electron chi connectivity index (χ0n) is 14.5. The fraction of sp³-hybridized carbons (Fsp3) is 0.250. The predicted octanol–water partition coefficient (Wildman–Crippen LogP) is 3.18. The molecule has 26 heavy (non-hydrogen) atoms. The standard InChI is InChI=1S/C20H19N3O3/c1-14-2-4-15(5-3-14)18-21-22-19(26-18)16-6-8-17(9-7-16)20(24)23-10-12-25-13-11-23/h2-9H,10-13H2,1H3. The molecule has 1 saturated heterocycles. The van der Waals surface area contributed by atoms with Gasteiger partial charge in [-0.15, -0.1) is 10.2 Å². The Morgan fingerprint density at radius 2 is 1.42 bits per heavy atom. The molecule has 6 heteroatoms. The molecule has 0 unspecified atom stereocenters. The van der Waals surface area contributed by atoms with E-state index in [1.165, 1.54) is 5.56 Å². The number of carbonyl (C=O) groups excluding carboxylic acids is 1. The molecule has 3 aromatic rings. The van der Waals surface area contributed by atoms with Crippen molar-refractivity contribution in [1.82, 2.24) is 15.1 Å². The van der Waals surface area contributed by atoms with E-state index >= 15 is 0 Å². The number of rotatable bonds is 3. The van der Waals surface area contributed by atoms with Gasteiger partial charge >= 0.3 is 0 Å². The summed E-state index contributed by atoms with van der Waals surface area (Å²) >= 11 is 0. The van der Waals surface area contributed by atoms with Crippen LogP contribution in [0.5, 0.6) is 0 Å². The van der Waals surface area contributed by atoms with E-state index in [-0.39, 0.29) is 5.91 Å². The minimum atomic E-state index is 0.0192. The molecule has 0 saturated carbocycles. The Bertz CT molecular complexity index is 895. The third kappa shape index (κ3) is 3.36. The number of hydrogen-bond donors (Lipinski definition) is 0. The average Bonchev–Trinajstić information content (AvgIpc) is 3.19. The first-order valence-corrected chi connectivity index (χ1v) is 8.59. The Morgan fingerprint density at radius 3 is 2.00 bits per heavy atom. The number of ether oxygens (including phenoxy) is 1. The number of nitrogens with zero attached hydrogens (tertiary/aromatic N) is 3. The van der Waals surface area contributed by atoms with E-state index in [2.05, 4.69) is 10.2 Å². The molecule has 0 bridgehead atoms. The van der Waals surface area contributed by atoms with Crippen LogP contribution in [-0.2, 0) is 4.74 Å². The van der Waals surface area contributed by atoms with Gasteiger partial charge in [0.2, 0.25) is 11.8 Å². The van der Waals surface area contributed by atoms with Gasteiger partial charge in [-0.05, 0) is 43.3 Å². The van der Waals surface area contributed by atoms with Gasteiger partial charge in [-0.2, -0.15) is 0 Å². The maximum atomic E-state index is 12.5. The predicted molar refractivity (Wildman–Crippen MR) is 96.6 cm³/mol. The minimum absolute atomic E-state index is 0.0192. The van der Waals surface area contributed by atoms with E-state index in [1.807, 2.05) is 43.3 Å². The van der Waals surface area contributed by atoms with Crippen molar-refractivity contribution in [1.29, 1.82) is 0 Å². The van der Waals surface area contributed by atoms with E-state index in [9.17, 15) is 4.79 Å². The largest absolute Gasteiger partial charge is 0.416 e. The molecular weight excluding hydrogens is 330 g/mol. The first-order chi connectivity index (χ1) is 12.7. The van der Waals surface area contributed by atoms with Crippen molar-refractivity contribution in [2.45, 2.75) is 6.92 Å². The quantitative estimate of drug-likeness (QED) is 0.726. The summed E-state index contributed by atoms with van der Waals surface area (Å²) in [5.74, 6) is 0.935. The van der Waals surface area contributed by atoms with Crippen molar-refractivity contribution in [3.63, 3.8) is 0 Å². The van der Waals surface area contributed by atoms with Crippen LogP contribution in [0.25, 0.3) is 22.9 Å². The summed E-state index contributed by atoms with van der Waals surface area (Å²) in [5.41, 5.74) is 3.49. The van der Waals surface area contributed by atoms with E-state index in [4.69, 9.17) is 9.15 Å². The molecule has 0 radical (unpaired) electrons. The van der Waals surface area contributed by atoms with Crippen LogP contribution in [0.3, 0.4) is 0 Å². The van der Waals surface area contributed by atoms with Crippen LogP contribution in [0, 0.1) is 6.92 Å². The van der Waals surface area contributed by atoms with Gasteiger partial charge in [0.1, 0.15) is 0 Å². The molecule has 4 rings (SSSR count). The molecule has 132 valence electrons. The Kier molecular flexibility index (Phi) is 4.50. The number of hydrogen-bond acceptors (Lipinski definition) is 5. The molecule has 1 aromatic heterocycles. The van der Waals surface area contributed by atoms with Gasteiger partial charge < -0.3 is 14.1 Å². The van der Waals surface area contributed by atoms with Gasteiger partial charge in [-0.3, -0.25) is 4.79 Å². The van der Waals surface area contributed by atoms with E-state index in [0.29, 0.717) is 43.6 Å². The van der Waals surface area contributed by atoms with Crippen molar-refractivity contribution in [2.75, 3.05) is 26.3 Å². The number of carbonyl (C=O) groups is 1. The van der Waals surface area contributed by atoms with Crippen LogP contribution in [0.2, 0.25) is 0 Å². The SMILES string of the molecule is Cc1ccc(-c2nnc(-c3ccc(C(=O)N4CCOCC4)cc3)o2)cc1. The lowest BCUT2D eigenvalue weighted by atomic mass is 10.1. The van der Waals surface area contributed by atoms with Gasteiger partial charge in [-0.1, -0.05) is 17.7 Å². The molecule has 2 heterocycles. The summed E-state index contributed by atoms with van der Waals surface area (Å²) in [6.45, 7) is 4.47. The molecule has 0 spiro atoms. The van der Waals surface area contributed by atoms with E-state index in [1.54, 1.807) is 17.0 Å². The topological polar surface area (TPSA) is 68.5 Å². The summed E-state index contributed by atoms with van der Waals surface area (Å²) in [4.78, 5) is 14.3. The van der Waals surface area contributed by atoms with Crippen LogP contribution in [0.4, 0.5) is 0 Å². The van der Waals surface area contributed by atoms with Crippen LogP contribution < -0.4 is 0 Å². The summed E-state index contributed by atoms with van der Waals surface area (Å²) in [7, 11) is 0. The number of morpholine rings is 1. The lowest BCUT2D eigenvalue weighted by molar-refractivity contribution is 0.0303. The Balaban J connectivity index is 1.52. The molecule has 1 amide bonds. The lowest BCUT2D eigenvalue weighted by Crippen LogP contribution is -2.40. The van der Waals surface area contributed by atoms with Gasteiger partial charge in [0.05, 0.1) is 13.2 Å². The highest BCUT2D eigenvalue weighted by atomic mass is 16.5. The molecule has 0 N–H and O–H groups in total. The third-order valence-corrected chi connectivity index (χ3v) is 4.40. The zero-order chi connectivity index (χ0) is 17.9. The third-order valence-electron chi connectivity index (χ3n) is 4.40. The van der Waals surface area contributed by atoms with Crippen molar-refractivity contribution in [3.05, 3.63) is 59.7 Å². The first-order valence-electron chi connectivity index (χ1n) is 8.59. The van der Waals surface area contributed by atoms with Gasteiger partial charge in [0.25, 0.3) is 5.91 Å². The number of amides is 1. The van der Waals surface area contributed by atoms with Crippen LogP contribution in [-0.4, -0.2) is 47.3 Å². The number of aryl methyl sites for hydroxylation is 1. The maximum Gasteiger partial charge on any atom is 0.254 e. The Labute approximate surface area is 151 Å². The second-order valence-electron chi connectivity index (χ2n) is 6.26.